The number of halogens is 1. The molecule has 132 valence electrons. The Morgan fingerprint density at radius 1 is 1.48 bits per heavy atom. The first-order chi connectivity index (χ1) is 10.6. The van der Waals surface area contributed by atoms with Crippen LogP contribution in [0, 0.1) is 5.92 Å². The lowest BCUT2D eigenvalue weighted by atomic mass is 9.93. The van der Waals surface area contributed by atoms with Crippen molar-refractivity contribution in [1.29, 1.82) is 0 Å². The van der Waals surface area contributed by atoms with Crippen LogP contribution < -0.4 is 10.2 Å². The van der Waals surface area contributed by atoms with Crippen LogP contribution in [0.5, 0.6) is 0 Å². The van der Waals surface area contributed by atoms with Gasteiger partial charge < -0.3 is 5.32 Å². The summed E-state index contributed by atoms with van der Waals surface area (Å²) in [5.74, 6) is 0.928. The van der Waals surface area contributed by atoms with Crippen molar-refractivity contribution in [3.05, 3.63) is 11.1 Å². The van der Waals surface area contributed by atoms with Gasteiger partial charge in [-0.25, -0.2) is 4.98 Å². The molecule has 0 spiro atoms. The lowest BCUT2D eigenvalue weighted by molar-refractivity contribution is -0.116. The fourth-order valence-electron chi connectivity index (χ4n) is 3.00. The Kier molecular flexibility index (Phi) is 9.06. The van der Waals surface area contributed by atoms with Crippen molar-refractivity contribution >= 4 is 34.8 Å². The number of piperidine rings is 1. The third-order valence-electron chi connectivity index (χ3n) is 4.36. The maximum absolute atomic E-state index is 11.6. The summed E-state index contributed by atoms with van der Waals surface area (Å²) in [5, 5.41) is 6.16. The highest BCUT2D eigenvalue weighted by atomic mass is 35.5. The van der Waals surface area contributed by atoms with Crippen molar-refractivity contribution in [3.63, 3.8) is 0 Å². The monoisotopic (exact) mass is 360 g/mol. The molecule has 0 atom stereocenters. The molecule has 0 aliphatic carbocycles. The highest BCUT2D eigenvalue weighted by Gasteiger charge is 2.20. The van der Waals surface area contributed by atoms with Gasteiger partial charge in [0, 0.05) is 25.4 Å². The van der Waals surface area contributed by atoms with E-state index in [4.69, 9.17) is 0 Å². The molecular formula is C16H29ClN4OS. The molecule has 1 fully saturated rings. The molecule has 0 unspecified atom stereocenters. The first-order valence-corrected chi connectivity index (χ1v) is 9.11. The molecule has 7 heteroatoms. The van der Waals surface area contributed by atoms with Crippen LogP contribution in [0.15, 0.2) is 5.38 Å². The fraction of sp³-hybridized carbons (Fsp3) is 0.750. The second-order valence-electron chi connectivity index (χ2n) is 6.00. The number of hydrogen-bond acceptors (Lipinski definition) is 5. The van der Waals surface area contributed by atoms with Gasteiger partial charge in [-0.3, -0.25) is 14.6 Å². The van der Waals surface area contributed by atoms with Crippen molar-refractivity contribution in [2.24, 2.45) is 5.92 Å². The Bertz CT molecular complexity index is 474. The number of hydrogen-bond donors (Lipinski definition) is 1. The zero-order chi connectivity index (χ0) is 15.9. The molecular weight excluding hydrogens is 332 g/mol. The van der Waals surface area contributed by atoms with Crippen LogP contribution in [-0.2, 0) is 11.3 Å². The molecule has 0 aromatic carbocycles. The maximum Gasteiger partial charge on any atom is 0.225 e. The topological polar surface area (TPSA) is 48.5 Å². The third-order valence-corrected chi connectivity index (χ3v) is 5.27. The van der Waals surface area contributed by atoms with Crippen molar-refractivity contribution in [3.8, 4) is 0 Å². The molecule has 0 saturated carbocycles. The normalized spacial score (nSPS) is 16.1. The van der Waals surface area contributed by atoms with Crippen LogP contribution in [0.4, 0.5) is 5.13 Å². The minimum Gasteiger partial charge on any atom is -0.320 e. The third kappa shape index (κ3) is 6.03. The van der Waals surface area contributed by atoms with Crippen LogP contribution in [0.25, 0.3) is 0 Å². The van der Waals surface area contributed by atoms with E-state index in [0.29, 0.717) is 6.54 Å². The predicted molar refractivity (Wildman–Crippen MR) is 99.6 cm³/mol. The van der Waals surface area contributed by atoms with Gasteiger partial charge in [0.05, 0.1) is 5.69 Å². The van der Waals surface area contributed by atoms with Crippen LogP contribution in [0.1, 0.15) is 38.8 Å². The number of thiazole rings is 1. The van der Waals surface area contributed by atoms with Crippen LogP contribution >= 0.6 is 23.7 Å². The second-order valence-corrected chi connectivity index (χ2v) is 6.83. The van der Waals surface area contributed by atoms with Crippen LogP contribution in [0.3, 0.4) is 0 Å². The summed E-state index contributed by atoms with van der Waals surface area (Å²) in [6.45, 7) is 8.61. The van der Waals surface area contributed by atoms with Gasteiger partial charge in [0.1, 0.15) is 0 Å². The maximum atomic E-state index is 11.6. The molecule has 0 bridgehead atoms. The SMILES string of the molecule is CCN(C(C)=O)c1nc(CN2CCC(CCNC)CC2)cs1.Cl. The van der Waals surface area contributed by atoms with Gasteiger partial charge in [-0.15, -0.1) is 23.7 Å². The molecule has 2 rings (SSSR count). The highest BCUT2D eigenvalue weighted by Crippen LogP contribution is 2.24. The molecule has 0 radical (unpaired) electrons. The van der Waals surface area contributed by atoms with E-state index in [1.807, 2.05) is 14.0 Å². The number of nitrogens with one attached hydrogen (secondary N) is 1. The molecule has 1 aromatic heterocycles. The van der Waals surface area contributed by atoms with Gasteiger partial charge >= 0.3 is 0 Å². The average molecular weight is 361 g/mol. The van der Waals surface area contributed by atoms with E-state index in [1.54, 1.807) is 23.2 Å². The minimum atomic E-state index is 0. The molecule has 1 N–H and O–H groups in total. The van der Waals surface area contributed by atoms with Gasteiger partial charge in [-0.05, 0) is 58.8 Å². The molecule has 1 amide bonds. The second kappa shape index (κ2) is 10.2. The number of likely N-dealkylation sites (tertiary alicyclic amines) is 1. The fourth-order valence-corrected chi connectivity index (χ4v) is 3.92. The molecule has 1 saturated heterocycles. The quantitative estimate of drug-likeness (QED) is 0.812. The molecule has 23 heavy (non-hydrogen) atoms. The van der Waals surface area contributed by atoms with E-state index < -0.39 is 0 Å². The Morgan fingerprint density at radius 3 is 2.74 bits per heavy atom. The van der Waals surface area contributed by atoms with Gasteiger partial charge in [0.25, 0.3) is 0 Å². The molecule has 5 nitrogen and oxygen atoms in total. The molecule has 1 aliphatic rings. The van der Waals surface area contributed by atoms with Crippen molar-refractivity contribution in [1.82, 2.24) is 15.2 Å². The van der Waals surface area contributed by atoms with E-state index in [1.165, 1.54) is 19.3 Å². The zero-order valence-electron chi connectivity index (χ0n) is 14.4. The number of anilines is 1. The van der Waals surface area contributed by atoms with Crippen LogP contribution in [0.2, 0.25) is 0 Å². The summed E-state index contributed by atoms with van der Waals surface area (Å²) in [6, 6.07) is 0. The van der Waals surface area contributed by atoms with Gasteiger partial charge in [0.2, 0.25) is 5.91 Å². The Morgan fingerprint density at radius 2 is 2.17 bits per heavy atom. The number of aromatic nitrogens is 1. The summed E-state index contributed by atoms with van der Waals surface area (Å²) in [7, 11) is 2.02. The first-order valence-electron chi connectivity index (χ1n) is 8.23. The number of rotatable bonds is 7. The van der Waals surface area contributed by atoms with Crippen molar-refractivity contribution < 1.29 is 4.79 Å². The smallest absolute Gasteiger partial charge is 0.225 e. The molecule has 2 heterocycles. The number of amides is 1. The zero-order valence-corrected chi connectivity index (χ0v) is 16.0. The van der Waals surface area contributed by atoms with E-state index in [-0.39, 0.29) is 18.3 Å². The Labute approximate surface area is 149 Å². The largest absolute Gasteiger partial charge is 0.320 e. The summed E-state index contributed by atoms with van der Waals surface area (Å²) in [4.78, 5) is 20.4. The summed E-state index contributed by atoms with van der Waals surface area (Å²) >= 11 is 1.57. The molecule has 1 aliphatic heterocycles. The summed E-state index contributed by atoms with van der Waals surface area (Å²) in [6.07, 6.45) is 3.86. The van der Waals surface area contributed by atoms with E-state index in [0.717, 1.165) is 42.9 Å². The minimum absolute atomic E-state index is 0. The average Bonchev–Trinajstić information content (AvgIpc) is 2.95. The van der Waals surface area contributed by atoms with Crippen molar-refractivity contribution in [2.45, 2.75) is 39.7 Å². The van der Waals surface area contributed by atoms with Gasteiger partial charge in [-0.1, -0.05) is 0 Å². The van der Waals surface area contributed by atoms with E-state index in [9.17, 15) is 4.79 Å². The van der Waals surface area contributed by atoms with Gasteiger partial charge in [-0.2, -0.15) is 0 Å². The van der Waals surface area contributed by atoms with Crippen LogP contribution in [-0.4, -0.2) is 49.0 Å². The van der Waals surface area contributed by atoms with E-state index in [2.05, 4.69) is 20.6 Å². The predicted octanol–water partition coefficient (Wildman–Crippen LogP) is 2.76. The van der Waals surface area contributed by atoms with Gasteiger partial charge in [0.15, 0.2) is 5.13 Å². The Balaban J connectivity index is 0.00000264. The number of carbonyl (C=O) groups is 1. The van der Waals surface area contributed by atoms with E-state index >= 15 is 0 Å². The number of nitrogens with zero attached hydrogens (tertiary/aromatic N) is 3. The lowest BCUT2D eigenvalue weighted by Gasteiger charge is -2.31. The molecule has 1 aromatic rings. The highest BCUT2D eigenvalue weighted by molar-refractivity contribution is 7.14. The standard InChI is InChI=1S/C16H28N4OS.ClH/c1-4-20(13(2)21)16-18-15(12-22-16)11-19-9-6-14(7-10-19)5-8-17-3;/h12,14,17H,4-11H2,1-3H3;1H. The summed E-state index contributed by atoms with van der Waals surface area (Å²) < 4.78 is 0. The summed E-state index contributed by atoms with van der Waals surface area (Å²) in [5.41, 5.74) is 1.09. The Hall–Kier alpha value is -0.690. The lowest BCUT2D eigenvalue weighted by Crippen LogP contribution is -2.34. The van der Waals surface area contributed by atoms with Crippen molar-refractivity contribution in [2.75, 3.05) is 38.1 Å². The number of carbonyl (C=O) groups excluding carboxylic acids is 1. The first kappa shape index (κ1) is 20.4.